The largest absolute Gasteiger partial charge is 0.477 e. The first-order valence-electron chi connectivity index (χ1n) is 7.87. The molecule has 7 heteroatoms. The fraction of sp³-hybridized carbons (Fsp3) is 0.438. The fourth-order valence-electron chi connectivity index (χ4n) is 2.98. The Morgan fingerprint density at radius 3 is 3.17 bits per heavy atom. The van der Waals surface area contributed by atoms with Crippen LogP contribution in [0.2, 0.25) is 0 Å². The van der Waals surface area contributed by atoms with Gasteiger partial charge in [-0.2, -0.15) is 5.10 Å². The molecule has 1 atom stereocenters. The maximum absolute atomic E-state index is 12.7. The predicted molar refractivity (Wildman–Crippen MR) is 81.5 cm³/mol. The van der Waals surface area contributed by atoms with Crippen molar-refractivity contribution in [2.45, 2.75) is 25.5 Å². The molecule has 1 saturated heterocycles. The van der Waals surface area contributed by atoms with Crippen molar-refractivity contribution in [3.8, 4) is 11.8 Å². The molecule has 2 aliphatic heterocycles. The third-order valence-corrected chi connectivity index (χ3v) is 4.13. The second-order valence-corrected chi connectivity index (χ2v) is 5.74. The molecule has 2 aliphatic rings. The normalized spacial score (nSPS) is 20.0. The van der Waals surface area contributed by atoms with Crippen LogP contribution in [0.25, 0.3) is 0 Å². The number of hydrogen-bond donors (Lipinski definition) is 0. The number of rotatable bonds is 3. The number of likely N-dealkylation sites (tertiary alicyclic amines) is 1. The summed E-state index contributed by atoms with van der Waals surface area (Å²) in [4.78, 5) is 18.7. The van der Waals surface area contributed by atoms with Crippen molar-refractivity contribution in [1.29, 1.82) is 0 Å². The molecule has 2 aromatic heterocycles. The van der Waals surface area contributed by atoms with Gasteiger partial charge in [0.1, 0.15) is 11.7 Å². The van der Waals surface area contributed by atoms with Crippen molar-refractivity contribution in [2.75, 3.05) is 19.7 Å². The molecule has 0 radical (unpaired) electrons. The lowest BCUT2D eigenvalue weighted by atomic mass is 10.3. The van der Waals surface area contributed by atoms with Crippen LogP contribution in [0.3, 0.4) is 0 Å². The summed E-state index contributed by atoms with van der Waals surface area (Å²) >= 11 is 0. The molecule has 4 rings (SSSR count). The maximum Gasteiger partial charge on any atom is 0.261 e. The number of nitrogens with zero attached hydrogens (tertiary/aromatic N) is 4. The summed E-state index contributed by atoms with van der Waals surface area (Å²) < 4.78 is 13.2. The molecule has 0 spiro atoms. The summed E-state index contributed by atoms with van der Waals surface area (Å²) in [6, 6.07) is 5.56. The Labute approximate surface area is 133 Å². The van der Waals surface area contributed by atoms with E-state index in [-0.39, 0.29) is 12.0 Å². The molecule has 23 heavy (non-hydrogen) atoms. The topological polar surface area (TPSA) is 69.5 Å². The summed E-state index contributed by atoms with van der Waals surface area (Å²) in [5.41, 5.74) is 0.545. The zero-order chi connectivity index (χ0) is 15.6. The summed E-state index contributed by atoms with van der Waals surface area (Å²) in [5.74, 6) is 1.15. The van der Waals surface area contributed by atoms with Crippen LogP contribution < -0.4 is 9.47 Å². The van der Waals surface area contributed by atoms with Gasteiger partial charge in [-0.1, -0.05) is 6.07 Å². The molecule has 0 saturated carbocycles. The van der Waals surface area contributed by atoms with Gasteiger partial charge in [0.15, 0.2) is 0 Å². The van der Waals surface area contributed by atoms with E-state index in [4.69, 9.17) is 9.47 Å². The lowest BCUT2D eigenvalue weighted by Crippen LogP contribution is -2.31. The Bertz CT molecular complexity index is 701. The third kappa shape index (κ3) is 2.74. The van der Waals surface area contributed by atoms with Crippen LogP contribution in [0.4, 0.5) is 0 Å². The van der Waals surface area contributed by atoms with Gasteiger partial charge in [0.05, 0.1) is 19.3 Å². The van der Waals surface area contributed by atoms with Crippen molar-refractivity contribution in [1.82, 2.24) is 19.7 Å². The molecule has 120 valence electrons. The van der Waals surface area contributed by atoms with Gasteiger partial charge in [-0.05, 0) is 6.07 Å². The highest BCUT2D eigenvalue weighted by Crippen LogP contribution is 2.25. The second-order valence-electron chi connectivity index (χ2n) is 5.74. The van der Waals surface area contributed by atoms with Crippen LogP contribution in [0, 0.1) is 0 Å². The number of aromatic nitrogens is 3. The summed E-state index contributed by atoms with van der Waals surface area (Å²) in [7, 11) is 0. The van der Waals surface area contributed by atoms with Crippen LogP contribution in [0.1, 0.15) is 23.2 Å². The Hall–Kier alpha value is -2.57. The third-order valence-electron chi connectivity index (χ3n) is 4.13. The van der Waals surface area contributed by atoms with E-state index in [1.807, 2.05) is 18.2 Å². The number of carbonyl (C=O) groups is 1. The summed E-state index contributed by atoms with van der Waals surface area (Å²) in [5, 5.41) is 4.24. The lowest BCUT2D eigenvalue weighted by molar-refractivity contribution is 0.0764. The first-order chi connectivity index (χ1) is 11.3. The van der Waals surface area contributed by atoms with Crippen LogP contribution in [-0.4, -0.2) is 51.4 Å². The van der Waals surface area contributed by atoms with Gasteiger partial charge in [-0.15, -0.1) is 0 Å². The predicted octanol–water partition coefficient (Wildman–Crippen LogP) is 1.35. The minimum absolute atomic E-state index is 0.0267. The Balaban J connectivity index is 1.43. The molecule has 1 amide bonds. The van der Waals surface area contributed by atoms with Crippen molar-refractivity contribution in [3.63, 3.8) is 0 Å². The number of aryl methyl sites for hydroxylation is 1. The van der Waals surface area contributed by atoms with Gasteiger partial charge >= 0.3 is 0 Å². The standard InChI is InChI=1S/C16H18N4O3/c21-15(13-10-18-20-7-3-9-22-16(13)20)19-8-5-12(11-19)23-14-4-1-2-6-17-14/h1-2,4,6,10,12H,3,5,7-9,11H2. The van der Waals surface area contributed by atoms with E-state index in [9.17, 15) is 4.79 Å². The zero-order valence-electron chi connectivity index (χ0n) is 12.7. The molecule has 1 fully saturated rings. The first-order valence-corrected chi connectivity index (χ1v) is 7.87. The minimum Gasteiger partial charge on any atom is -0.477 e. The monoisotopic (exact) mass is 314 g/mol. The van der Waals surface area contributed by atoms with Gasteiger partial charge in [-0.25, -0.2) is 9.67 Å². The highest BCUT2D eigenvalue weighted by atomic mass is 16.5. The first kappa shape index (κ1) is 14.0. The number of pyridine rings is 1. The van der Waals surface area contributed by atoms with E-state index in [1.165, 1.54) is 0 Å². The van der Waals surface area contributed by atoms with E-state index in [1.54, 1.807) is 22.0 Å². The molecule has 0 bridgehead atoms. The number of carbonyl (C=O) groups excluding carboxylic acids is 1. The molecular formula is C16H18N4O3. The van der Waals surface area contributed by atoms with Crippen LogP contribution in [-0.2, 0) is 6.54 Å². The van der Waals surface area contributed by atoms with Crippen molar-refractivity contribution in [3.05, 3.63) is 36.2 Å². The van der Waals surface area contributed by atoms with E-state index >= 15 is 0 Å². The second kappa shape index (κ2) is 5.91. The van der Waals surface area contributed by atoms with Gasteiger partial charge in [0.2, 0.25) is 11.8 Å². The molecule has 4 heterocycles. The highest BCUT2D eigenvalue weighted by Gasteiger charge is 2.32. The average Bonchev–Trinajstić information content (AvgIpc) is 3.22. The molecule has 2 aromatic rings. The van der Waals surface area contributed by atoms with E-state index in [2.05, 4.69) is 10.1 Å². The number of fused-ring (bicyclic) bond motifs is 1. The number of amides is 1. The van der Waals surface area contributed by atoms with E-state index in [0.717, 1.165) is 19.4 Å². The quantitative estimate of drug-likeness (QED) is 0.855. The van der Waals surface area contributed by atoms with Crippen LogP contribution >= 0.6 is 0 Å². The summed E-state index contributed by atoms with van der Waals surface area (Å²) in [6.45, 7) is 2.66. The van der Waals surface area contributed by atoms with Gasteiger partial charge < -0.3 is 14.4 Å². The average molecular weight is 314 g/mol. The Morgan fingerprint density at radius 1 is 1.35 bits per heavy atom. The summed E-state index contributed by atoms with van der Waals surface area (Å²) in [6.07, 6.45) is 5.00. The highest BCUT2D eigenvalue weighted by molar-refractivity contribution is 5.96. The molecular weight excluding hydrogens is 296 g/mol. The van der Waals surface area contributed by atoms with Gasteiger partial charge in [-0.3, -0.25) is 4.79 Å². The van der Waals surface area contributed by atoms with Crippen molar-refractivity contribution >= 4 is 5.91 Å². The van der Waals surface area contributed by atoms with Crippen LogP contribution in [0.15, 0.2) is 30.6 Å². The molecule has 0 aliphatic carbocycles. The van der Waals surface area contributed by atoms with Crippen LogP contribution in [0.5, 0.6) is 11.8 Å². The van der Waals surface area contributed by atoms with Crippen molar-refractivity contribution in [2.24, 2.45) is 0 Å². The molecule has 1 unspecified atom stereocenters. The van der Waals surface area contributed by atoms with Gasteiger partial charge in [0.25, 0.3) is 5.91 Å². The maximum atomic E-state index is 12.7. The minimum atomic E-state index is -0.0414. The molecule has 0 aromatic carbocycles. The fourth-order valence-corrected chi connectivity index (χ4v) is 2.98. The van der Waals surface area contributed by atoms with E-state index < -0.39 is 0 Å². The Kier molecular flexibility index (Phi) is 3.61. The smallest absolute Gasteiger partial charge is 0.261 e. The SMILES string of the molecule is O=C(c1cnn2c1OCCC2)N1CCC(Oc2ccccn2)C1. The zero-order valence-corrected chi connectivity index (χ0v) is 12.7. The van der Waals surface area contributed by atoms with E-state index in [0.29, 0.717) is 37.0 Å². The van der Waals surface area contributed by atoms with Gasteiger partial charge in [0, 0.05) is 38.2 Å². The molecule has 0 N–H and O–H groups in total. The number of ether oxygens (including phenoxy) is 2. The van der Waals surface area contributed by atoms with Crippen molar-refractivity contribution < 1.29 is 14.3 Å². The lowest BCUT2D eigenvalue weighted by Gasteiger charge is -2.19. The molecule has 7 nitrogen and oxygen atoms in total. The Morgan fingerprint density at radius 2 is 2.30 bits per heavy atom. The number of hydrogen-bond acceptors (Lipinski definition) is 5.